The molecule has 4 rings (SSSR count). The van der Waals surface area contributed by atoms with Gasteiger partial charge < -0.3 is 5.32 Å². The molecule has 0 saturated carbocycles. The van der Waals surface area contributed by atoms with Gasteiger partial charge >= 0.3 is 0 Å². The van der Waals surface area contributed by atoms with E-state index in [0.717, 1.165) is 13.0 Å². The number of hydrogen-bond acceptors (Lipinski definition) is 1. The molecule has 2 aliphatic rings. The highest BCUT2D eigenvalue weighted by molar-refractivity contribution is 5.90. The van der Waals surface area contributed by atoms with Crippen molar-refractivity contribution in [2.45, 2.75) is 31.7 Å². The number of nitrogens with one attached hydrogen (secondary N) is 1. The third-order valence-electron chi connectivity index (χ3n) is 5.01. The van der Waals surface area contributed by atoms with Gasteiger partial charge in [0.25, 0.3) is 0 Å². The maximum atomic E-state index is 3.73. The summed E-state index contributed by atoms with van der Waals surface area (Å²) in [6, 6.07) is 17.7. The lowest BCUT2D eigenvalue weighted by Gasteiger charge is -2.29. The predicted molar refractivity (Wildman–Crippen MR) is 89.2 cm³/mol. The Bertz CT molecular complexity index is 705. The molecule has 1 saturated heterocycles. The molecule has 106 valence electrons. The fourth-order valence-corrected chi connectivity index (χ4v) is 3.79. The number of rotatable bonds is 1. The van der Waals surface area contributed by atoms with E-state index < -0.39 is 0 Å². The van der Waals surface area contributed by atoms with Crippen molar-refractivity contribution in [2.24, 2.45) is 0 Å². The lowest BCUT2D eigenvalue weighted by molar-refractivity contribution is 0.539. The van der Waals surface area contributed by atoms with E-state index in [2.05, 4.69) is 66.8 Å². The molecule has 1 heterocycles. The summed E-state index contributed by atoms with van der Waals surface area (Å²) in [6.07, 6.45) is 5.93. The van der Waals surface area contributed by atoms with E-state index in [1.807, 2.05) is 0 Å². The molecule has 1 fully saturated rings. The molecule has 21 heavy (non-hydrogen) atoms. The van der Waals surface area contributed by atoms with Crippen molar-refractivity contribution < 1.29 is 0 Å². The average molecular weight is 275 g/mol. The van der Waals surface area contributed by atoms with Gasteiger partial charge in [0.2, 0.25) is 0 Å². The molecule has 2 aromatic carbocycles. The molecule has 0 unspecified atom stereocenters. The molecular weight excluding hydrogens is 254 g/mol. The van der Waals surface area contributed by atoms with Crippen LogP contribution >= 0.6 is 0 Å². The summed E-state index contributed by atoms with van der Waals surface area (Å²) in [5.74, 6) is 0. The molecular formula is C20H21N. The summed E-state index contributed by atoms with van der Waals surface area (Å²) in [6.45, 7) is 3.48. The Morgan fingerprint density at radius 3 is 2.52 bits per heavy atom. The second-order valence-corrected chi connectivity index (χ2v) is 6.45. The Labute approximate surface area is 126 Å². The van der Waals surface area contributed by atoms with Crippen LogP contribution in [0, 0.1) is 0 Å². The number of fused-ring (bicyclic) bond motifs is 2. The SMILES string of the molecule is C[C@]1(C2=Cc3ccccc3Cc3ccccc32)CCCN1. The van der Waals surface area contributed by atoms with Crippen molar-refractivity contribution in [1.82, 2.24) is 5.32 Å². The summed E-state index contributed by atoms with van der Waals surface area (Å²) >= 11 is 0. The zero-order chi connectivity index (χ0) is 14.3. The second-order valence-electron chi connectivity index (χ2n) is 6.45. The van der Waals surface area contributed by atoms with Crippen LogP contribution in [0.2, 0.25) is 0 Å². The van der Waals surface area contributed by atoms with E-state index >= 15 is 0 Å². The quantitative estimate of drug-likeness (QED) is 0.819. The maximum absolute atomic E-state index is 3.73. The summed E-state index contributed by atoms with van der Waals surface area (Å²) < 4.78 is 0. The third-order valence-corrected chi connectivity index (χ3v) is 5.01. The zero-order valence-corrected chi connectivity index (χ0v) is 12.5. The van der Waals surface area contributed by atoms with Crippen LogP contribution in [0.15, 0.2) is 48.5 Å². The van der Waals surface area contributed by atoms with Crippen LogP contribution in [0.5, 0.6) is 0 Å². The van der Waals surface area contributed by atoms with Crippen molar-refractivity contribution in [1.29, 1.82) is 0 Å². The molecule has 0 radical (unpaired) electrons. The van der Waals surface area contributed by atoms with Gasteiger partial charge in [-0.3, -0.25) is 0 Å². The van der Waals surface area contributed by atoms with E-state index in [9.17, 15) is 0 Å². The van der Waals surface area contributed by atoms with E-state index in [4.69, 9.17) is 0 Å². The minimum absolute atomic E-state index is 0.105. The van der Waals surface area contributed by atoms with Crippen LogP contribution in [-0.4, -0.2) is 12.1 Å². The molecule has 0 amide bonds. The first-order chi connectivity index (χ1) is 10.3. The van der Waals surface area contributed by atoms with Gasteiger partial charge in [0.15, 0.2) is 0 Å². The van der Waals surface area contributed by atoms with Gasteiger partial charge in [0.1, 0.15) is 0 Å². The minimum Gasteiger partial charge on any atom is -0.308 e. The van der Waals surface area contributed by atoms with Crippen molar-refractivity contribution in [3.8, 4) is 0 Å². The van der Waals surface area contributed by atoms with Crippen LogP contribution in [0.25, 0.3) is 11.6 Å². The molecule has 2 aromatic rings. The second kappa shape index (κ2) is 4.85. The largest absolute Gasteiger partial charge is 0.308 e. The Hall–Kier alpha value is -1.86. The molecule has 1 heteroatoms. The Balaban J connectivity index is 1.96. The average Bonchev–Trinajstić information content (AvgIpc) is 2.87. The highest BCUT2D eigenvalue weighted by atomic mass is 15.0. The van der Waals surface area contributed by atoms with Gasteiger partial charge in [-0.05, 0) is 66.6 Å². The third kappa shape index (κ3) is 2.13. The molecule has 1 N–H and O–H groups in total. The van der Waals surface area contributed by atoms with Gasteiger partial charge in [0.05, 0.1) is 0 Å². The Morgan fingerprint density at radius 2 is 1.71 bits per heavy atom. The Morgan fingerprint density at radius 1 is 0.952 bits per heavy atom. The fourth-order valence-electron chi connectivity index (χ4n) is 3.79. The van der Waals surface area contributed by atoms with Crippen LogP contribution in [-0.2, 0) is 6.42 Å². The van der Waals surface area contributed by atoms with E-state index in [1.165, 1.54) is 40.7 Å². The van der Waals surface area contributed by atoms with Crippen molar-refractivity contribution in [2.75, 3.05) is 6.54 Å². The minimum atomic E-state index is 0.105. The summed E-state index contributed by atoms with van der Waals surface area (Å²) in [5.41, 5.74) is 7.24. The fraction of sp³-hybridized carbons (Fsp3) is 0.300. The van der Waals surface area contributed by atoms with Crippen molar-refractivity contribution in [3.05, 3.63) is 70.8 Å². The molecule has 1 nitrogen and oxygen atoms in total. The van der Waals surface area contributed by atoms with E-state index in [1.54, 1.807) is 0 Å². The molecule has 0 spiro atoms. The maximum Gasteiger partial charge on any atom is 0.0412 e. The monoisotopic (exact) mass is 275 g/mol. The number of hydrogen-bond donors (Lipinski definition) is 1. The van der Waals surface area contributed by atoms with Gasteiger partial charge in [-0.2, -0.15) is 0 Å². The topological polar surface area (TPSA) is 12.0 Å². The zero-order valence-electron chi connectivity index (χ0n) is 12.5. The smallest absolute Gasteiger partial charge is 0.0412 e. The first-order valence-electron chi connectivity index (χ1n) is 7.90. The first kappa shape index (κ1) is 12.8. The van der Waals surface area contributed by atoms with E-state index in [0.29, 0.717) is 0 Å². The van der Waals surface area contributed by atoms with Crippen LogP contribution in [0.1, 0.15) is 42.0 Å². The van der Waals surface area contributed by atoms with E-state index in [-0.39, 0.29) is 5.54 Å². The van der Waals surface area contributed by atoms with Crippen molar-refractivity contribution in [3.63, 3.8) is 0 Å². The highest BCUT2D eigenvalue weighted by Gasteiger charge is 2.34. The lowest BCUT2D eigenvalue weighted by atomic mass is 9.83. The number of benzene rings is 2. The van der Waals surface area contributed by atoms with Crippen LogP contribution in [0.4, 0.5) is 0 Å². The highest BCUT2D eigenvalue weighted by Crippen LogP contribution is 2.40. The van der Waals surface area contributed by atoms with Gasteiger partial charge in [-0.25, -0.2) is 0 Å². The summed E-state index contributed by atoms with van der Waals surface area (Å²) in [4.78, 5) is 0. The van der Waals surface area contributed by atoms with Crippen molar-refractivity contribution >= 4 is 11.6 Å². The summed E-state index contributed by atoms with van der Waals surface area (Å²) in [7, 11) is 0. The normalized spacial score (nSPS) is 24.0. The lowest BCUT2D eigenvalue weighted by Crippen LogP contribution is -2.37. The van der Waals surface area contributed by atoms with Gasteiger partial charge in [-0.1, -0.05) is 48.5 Å². The van der Waals surface area contributed by atoms with Gasteiger partial charge in [0, 0.05) is 5.54 Å². The molecule has 1 aliphatic heterocycles. The molecule has 0 aromatic heterocycles. The molecule has 1 aliphatic carbocycles. The van der Waals surface area contributed by atoms with Crippen LogP contribution < -0.4 is 5.32 Å². The predicted octanol–water partition coefficient (Wildman–Crippen LogP) is 4.27. The van der Waals surface area contributed by atoms with Crippen LogP contribution in [0.3, 0.4) is 0 Å². The Kier molecular flexibility index (Phi) is 2.97. The first-order valence-corrected chi connectivity index (χ1v) is 7.90. The summed E-state index contributed by atoms with van der Waals surface area (Å²) in [5, 5.41) is 3.73. The molecule has 0 bridgehead atoms. The standard InChI is InChI=1S/C20H21N/c1-20(11-6-12-21-20)19-14-16-8-3-2-7-15(16)13-17-9-4-5-10-18(17)19/h2-5,7-10,14,21H,6,11-13H2,1H3/t20-/m1/s1. The van der Waals surface area contributed by atoms with Gasteiger partial charge in [-0.15, -0.1) is 0 Å². The molecule has 1 atom stereocenters.